The van der Waals surface area contributed by atoms with E-state index in [1.807, 2.05) is 4.72 Å². The predicted octanol–water partition coefficient (Wildman–Crippen LogP) is 2.85. The van der Waals surface area contributed by atoms with E-state index >= 15 is 0 Å². The smallest absolute Gasteiger partial charge is 0.419 e. The topological polar surface area (TPSA) is 113 Å². The normalized spacial score (nSPS) is 12.9. The first-order chi connectivity index (χ1) is 13.3. The van der Waals surface area contributed by atoms with Crippen molar-refractivity contribution >= 4 is 27.6 Å². The van der Waals surface area contributed by atoms with Gasteiger partial charge < -0.3 is 10.4 Å². The van der Waals surface area contributed by atoms with Crippen LogP contribution in [0, 0.1) is 5.82 Å². The molecule has 3 N–H and O–H groups in total. The maximum absolute atomic E-state index is 13.4. The first-order valence-corrected chi connectivity index (χ1v) is 9.33. The fraction of sp³-hybridized carbons (Fsp3) is 0.176. The van der Waals surface area contributed by atoms with E-state index in [0.29, 0.717) is 6.07 Å². The molecule has 1 atom stereocenters. The molecule has 2 aromatic rings. The zero-order valence-electron chi connectivity index (χ0n) is 14.6. The summed E-state index contributed by atoms with van der Waals surface area (Å²) < 4.78 is 78.9. The fourth-order valence-corrected chi connectivity index (χ4v) is 3.50. The molecular formula is C17H14F4N2O5S. The molecule has 0 radical (unpaired) electrons. The number of hydrogen-bond donors (Lipinski definition) is 3. The minimum absolute atomic E-state index is 0.280. The number of carboxylic acid groups (broad SMARTS) is 1. The number of amides is 1. The lowest BCUT2D eigenvalue weighted by Gasteiger charge is -2.15. The van der Waals surface area contributed by atoms with E-state index in [4.69, 9.17) is 5.11 Å². The van der Waals surface area contributed by atoms with Crippen LogP contribution in [0.4, 0.5) is 23.2 Å². The highest BCUT2D eigenvalue weighted by Crippen LogP contribution is 2.33. The molecule has 0 fully saturated rings. The van der Waals surface area contributed by atoms with Crippen LogP contribution in [-0.2, 0) is 21.0 Å². The summed E-state index contributed by atoms with van der Waals surface area (Å²) in [5, 5.41) is 10.9. The second kappa shape index (κ2) is 8.07. The van der Waals surface area contributed by atoms with E-state index in [2.05, 4.69) is 5.32 Å². The molecule has 0 aliphatic carbocycles. The van der Waals surface area contributed by atoms with Crippen molar-refractivity contribution in [3.8, 4) is 0 Å². The van der Waals surface area contributed by atoms with Gasteiger partial charge in [-0.25, -0.2) is 12.8 Å². The third-order valence-electron chi connectivity index (χ3n) is 3.66. The molecule has 0 aliphatic rings. The summed E-state index contributed by atoms with van der Waals surface area (Å²) in [6, 6.07) is 4.89. The first kappa shape index (κ1) is 22.1. The van der Waals surface area contributed by atoms with Crippen LogP contribution in [0.25, 0.3) is 0 Å². The molecule has 0 saturated carbocycles. The van der Waals surface area contributed by atoms with Gasteiger partial charge in [0.2, 0.25) is 0 Å². The molecule has 0 aromatic heterocycles. The Balaban J connectivity index is 2.41. The van der Waals surface area contributed by atoms with Crippen LogP contribution in [0.3, 0.4) is 0 Å². The maximum Gasteiger partial charge on any atom is 0.419 e. The van der Waals surface area contributed by atoms with Crippen molar-refractivity contribution in [3.05, 3.63) is 59.4 Å². The number of carbonyl (C=O) groups excluding carboxylic acids is 1. The molecule has 0 bridgehead atoms. The minimum Gasteiger partial charge on any atom is -0.480 e. The third kappa shape index (κ3) is 5.22. The van der Waals surface area contributed by atoms with E-state index in [1.54, 1.807) is 0 Å². The van der Waals surface area contributed by atoms with Gasteiger partial charge in [-0.05, 0) is 37.3 Å². The van der Waals surface area contributed by atoms with Crippen molar-refractivity contribution in [3.63, 3.8) is 0 Å². The Kier molecular flexibility index (Phi) is 6.16. The van der Waals surface area contributed by atoms with E-state index in [-0.39, 0.29) is 6.07 Å². The molecule has 2 aromatic carbocycles. The molecule has 0 heterocycles. The number of nitrogens with one attached hydrogen (secondary N) is 2. The van der Waals surface area contributed by atoms with E-state index in [9.17, 15) is 35.6 Å². The number of carboxylic acids is 1. The Bertz CT molecular complexity index is 1050. The van der Waals surface area contributed by atoms with Crippen LogP contribution in [0.2, 0.25) is 0 Å². The summed E-state index contributed by atoms with van der Waals surface area (Å²) in [7, 11) is -4.57. The monoisotopic (exact) mass is 434 g/mol. The second-order valence-corrected chi connectivity index (χ2v) is 7.48. The summed E-state index contributed by atoms with van der Waals surface area (Å²) in [5.74, 6) is -3.96. The van der Waals surface area contributed by atoms with Crippen molar-refractivity contribution in [2.75, 3.05) is 4.72 Å². The highest BCUT2D eigenvalue weighted by molar-refractivity contribution is 7.92. The molecule has 156 valence electrons. The Hall–Kier alpha value is -3.15. The van der Waals surface area contributed by atoms with Gasteiger partial charge in [-0.3, -0.25) is 14.3 Å². The molecule has 0 saturated heterocycles. The van der Waals surface area contributed by atoms with Gasteiger partial charge in [-0.1, -0.05) is 12.1 Å². The van der Waals surface area contributed by atoms with Gasteiger partial charge in [0.1, 0.15) is 16.8 Å². The van der Waals surface area contributed by atoms with E-state index in [1.165, 1.54) is 12.1 Å². The van der Waals surface area contributed by atoms with Crippen LogP contribution >= 0.6 is 0 Å². The number of aliphatic carboxylic acids is 1. The molecule has 0 aliphatic heterocycles. The van der Waals surface area contributed by atoms with Gasteiger partial charge in [-0.2, -0.15) is 13.2 Å². The number of halogens is 4. The standard InChI is InChI=1S/C17H14F4N2O5S/c1-9(16(25)26)22-15(24)11-4-2-3-5-14(11)29(27,28)23-10-6-7-13(18)12(8-10)17(19,20)21/h2-9,23H,1H3,(H,22,24)(H,25,26). The van der Waals surface area contributed by atoms with Crippen LogP contribution < -0.4 is 10.0 Å². The van der Waals surface area contributed by atoms with Crippen LogP contribution in [0.15, 0.2) is 47.4 Å². The lowest BCUT2D eigenvalue weighted by molar-refractivity contribution is -0.140. The van der Waals surface area contributed by atoms with Crippen molar-refractivity contribution < 1.29 is 40.7 Å². The Labute approximate surface area is 162 Å². The van der Waals surface area contributed by atoms with Crippen LogP contribution in [-0.4, -0.2) is 31.4 Å². The second-order valence-electron chi connectivity index (χ2n) is 5.83. The number of alkyl halides is 3. The minimum atomic E-state index is -5.05. The largest absolute Gasteiger partial charge is 0.480 e. The summed E-state index contributed by atoms with van der Waals surface area (Å²) in [6.45, 7) is 1.16. The molecular weight excluding hydrogens is 420 g/mol. The van der Waals surface area contributed by atoms with E-state index < -0.39 is 61.6 Å². The molecule has 7 nitrogen and oxygen atoms in total. The fourth-order valence-electron chi connectivity index (χ4n) is 2.24. The van der Waals surface area contributed by atoms with Crippen molar-refractivity contribution in [1.82, 2.24) is 5.32 Å². The Morgan fingerprint density at radius 2 is 1.72 bits per heavy atom. The average molecular weight is 434 g/mol. The molecule has 1 amide bonds. The molecule has 12 heteroatoms. The number of hydrogen-bond acceptors (Lipinski definition) is 4. The number of benzene rings is 2. The lowest BCUT2D eigenvalue weighted by Crippen LogP contribution is -2.39. The maximum atomic E-state index is 13.4. The average Bonchev–Trinajstić information content (AvgIpc) is 2.62. The predicted molar refractivity (Wildman–Crippen MR) is 93.2 cm³/mol. The zero-order valence-corrected chi connectivity index (χ0v) is 15.4. The number of rotatable bonds is 6. The first-order valence-electron chi connectivity index (χ1n) is 7.85. The highest BCUT2D eigenvalue weighted by atomic mass is 32.2. The van der Waals surface area contributed by atoms with Crippen LogP contribution in [0.5, 0.6) is 0 Å². The SMILES string of the molecule is CC(NC(=O)c1ccccc1S(=O)(=O)Nc1ccc(F)c(C(F)(F)F)c1)C(=O)O. The zero-order chi connectivity index (χ0) is 22.0. The Morgan fingerprint density at radius 1 is 1.10 bits per heavy atom. The number of carbonyl (C=O) groups is 2. The lowest BCUT2D eigenvalue weighted by atomic mass is 10.2. The van der Waals surface area contributed by atoms with Gasteiger partial charge in [0.25, 0.3) is 15.9 Å². The van der Waals surface area contributed by atoms with Crippen molar-refractivity contribution in [1.29, 1.82) is 0 Å². The van der Waals surface area contributed by atoms with Gasteiger partial charge in [-0.15, -0.1) is 0 Å². The van der Waals surface area contributed by atoms with Gasteiger partial charge in [0, 0.05) is 5.69 Å². The van der Waals surface area contributed by atoms with E-state index in [0.717, 1.165) is 25.1 Å². The quantitative estimate of drug-likeness (QED) is 0.606. The summed E-state index contributed by atoms with van der Waals surface area (Å²) in [4.78, 5) is 22.5. The Morgan fingerprint density at radius 3 is 2.31 bits per heavy atom. The summed E-state index contributed by atoms with van der Waals surface area (Å²) >= 11 is 0. The summed E-state index contributed by atoms with van der Waals surface area (Å²) in [6.07, 6.45) is -5.05. The van der Waals surface area contributed by atoms with Crippen molar-refractivity contribution in [2.45, 2.75) is 24.0 Å². The summed E-state index contributed by atoms with van der Waals surface area (Å²) in [5.41, 5.74) is -2.67. The molecule has 1 unspecified atom stereocenters. The van der Waals surface area contributed by atoms with Crippen molar-refractivity contribution in [2.24, 2.45) is 0 Å². The number of anilines is 1. The third-order valence-corrected chi connectivity index (χ3v) is 5.10. The molecule has 29 heavy (non-hydrogen) atoms. The molecule has 2 rings (SSSR count). The van der Waals surface area contributed by atoms with Gasteiger partial charge in [0.15, 0.2) is 0 Å². The highest BCUT2D eigenvalue weighted by Gasteiger charge is 2.34. The molecule has 0 spiro atoms. The van der Waals surface area contributed by atoms with Gasteiger partial charge in [0.05, 0.1) is 11.1 Å². The number of sulfonamides is 1. The van der Waals surface area contributed by atoms with Crippen LogP contribution in [0.1, 0.15) is 22.8 Å². The van der Waals surface area contributed by atoms with Gasteiger partial charge >= 0.3 is 12.1 Å².